The fourth-order valence-corrected chi connectivity index (χ4v) is 2.94. The van der Waals surface area contributed by atoms with Gasteiger partial charge in [0.2, 0.25) is 0 Å². The largest absolute Gasteiger partial charge is 0.293 e. The van der Waals surface area contributed by atoms with Crippen LogP contribution in [0, 0.1) is 5.92 Å². The average Bonchev–Trinajstić information content (AvgIpc) is 2.27. The van der Waals surface area contributed by atoms with Crippen LogP contribution in [0.2, 0.25) is 0 Å². The first-order valence-corrected chi connectivity index (χ1v) is 6.44. The smallest absolute Gasteiger partial charge is 0.0376 e. The quantitative estimate of drug-likeness (QED) is 0.731. The molecule has 1 aliphatic heterocycles. The third-order valence-corrected chi connectivity index (χ3v) is 3.67. The summed E-state index contributed by atoms with van der Waals surface area (Å²) in [7, 11) is 0. The van der Waals surface area contributed by atoms with E-state index < -0.39 is 0 Å². The number of hydrogen-bond acceptors (Lipinski definition) is 1. The van der Waals surface area contributed by atoms with Crippen LogP contribution in [0.25, 0.3) is 0 Å². The molecule has 0 aliphatic carbocycles. The Morgan fingerprint density at radius 3 is 2.44 bits per heavy atom. The Morgan fingerprint density at radius 2 is 1.81 bits per heavy atom. The number of hydrogen-bond donors (Lipinski definition) is 0. The summed E-state index contributed by atoms with van der Waals surface area (Å²) in [6.07, 6.45) is 1.21. The summed E-state index contributed by atoms with van der Waals surface area (Å²) in [6, 6.07) is 10.2. The first-order chi connectivity index (χ1) is 7.61. The Hall–Kier alpha value is -0.820. The van der Waals surface area contributed by atoms with Crippen LogP contribution < -0.4 is 0 Å². The third-order valence-electron chi connectivity index (χ3n) is 3.67. The molecular formula is C15H23N. The molecule has 1 aliphatic rings. The van der Waals surface area contributed by atoms with Gasteiger partial charge in [-0.05, 0) is 37.3 Å². The molecule has 1 aromatic carbocycles. The summed E-state index contributed by atoms with van der Waals surface area (Å²) in [5, 5.41) is 0. The highest BCUT2D eigenvalue weighted by molar-refractivity contribution is 5.33. The van der Waals surface area contributed by atoms with Gasteiger partial charge < -0.3 is 0 Å². The Bertz CT molecular complexity index is 354. The molecule has 0 radical (unpaired) electrons. The van der Waals surface area contributed by atoms with Gasteiger partial charge in [0.25, 0.3) is 0 Å². The van der Waals surface area contributed by atoms with E-state index >= 15 is 0 Å². The van der Waals surface area contributed by atoms with E-state index in [9.17, 15) is 0 Å². The van der Waals surface area contributed by atoms with Crippen LogP contribution >= 0.6 is 0 Å². The first kappa shape index (κ1) is 11.7. The number of benzene rings is 1. The normalized spacial score (nSPS) is 21.5. The van der Waals surface area contributed by atoms with Crippen LogP contribution in [0.5, 0.6) is 0 Å². The predicted octanol–water partition coefficient (Wildman–Crippen LogP) is 3.65. The van der Waals surface area contributed by atoms with E-state index in [1.165, 1.54) is 13.0 Å². The molecular weight excluding hydrogens is 194 g/mol. The van der Waals surface area contributed by atoms with E-state index in [0.29, 0.717) is 18.0 Å². The summed E-state index contributed by atoms with van der Waals surface area (Å²) in [5.74, 6) is 0.684. The van der Waals surface area contributed by atoms with Crippen LogP contribution in [-0.4, -0.2) is 17.5 Å². The first-order valence-electron chi connectivity index (χ1n) is 6.44. The molecule has 2 rings (SSSR count). The van der Waals surface area contributed by atoms with Gasteiger partial charge in [-0.25, -0.2) is 0 Å². The second kappa shape index (κ2) is 4.58. The number of rotatable bonds is 2. The van der Waals surface area contributed by atoms with Gasteiger partial charge in [0.15, 0.2) is 0 Å². The van der Waals surface area contributed by atoms with Crippen LogP contribution in [0.15, 0.2) is 24.3 Å². The Balaban J connectivity index is 2.39. The minimum absolute atomic E-state index is 0.602. The van der Waals surface area contributed by atoms with E-state index in [0.717, 1.165) is 0 Å². The molecule has 0 aromatic heterocycles. The standard InChI is InChI=1S/C15H23N/c1-11(2)15-14-8-6-5-7-13(14)9-10-16(15)12(3)4/h5-8,11-12,15H,9-10H2,1-4H3/t15-/m0/s1. The van der Waals surface area contributed by atoms with Gasteiger partial charge >= 0.3 is 0 Å². The lowest BCUT2D eigenvalue weighted by Crippen LogP contribution is -2.42. The highest BCUT2D eigenvalue weighted by Gasteiger charge is 2.30. The van der Waals surface area contributed by atoms with Crippen molar-refractivity contribution in [2.24, 2.45) is 5.92 Å². The third kappa shape index (κ3) is 2.01. The highest BCUT2D eigenvalue weighted by atomic mass is 15.2. The van der Waals surface area contributed by atoms with Gasteiger partial charge in [0.05, 0.1) is 0 Å². The molecule has 0 spiro atoms. The Labute approximate surface area is 99.5 Å². The molecule has 16 heavy (non-hydrogen) atoms. The number of nitrogens with zero attached hydrogens (tertiary/aromatic N) is 1. The van der Waals surface area contributed by atoms with Crippen molar-refractivity contribution in [1.82, 2.24) is 4.90 Å². The zero-order valence-electron chi connectivity index (χ0n) is 10.9. The van der Waals surface area contributed by atoms with Crippen molar-refractivity contribution >= 4 is 0 Å². The van der Waals surface area contributed by atoms with E-state index in [1.54, 1.807) is 11.1 Å². The molecule has 1 atom stereocenters. The van der Waals surface area contributed by atoms with Crippen molar-refractivity contribution in [3.63, 3.8) is 0 Å². The fourth-order valence-electron chi connectivity index (χ4n) is 2.94. The molecule has 0 saturated carbocycles. The summed E-state index contributed by atoms with van der Waals surface area (Å²) >= 11 is 0. The molecule has 0 N–H and O–H groups in total. The molecule has 1 heteroatoms. The van der Waals surface area contributed by atoms with Gasteiger partial charge in [0, 0.05) is 18.6 Å². The van der Waals surface area contributed by atoms with Crippen LogP contribution in [-0.2, 0) is 6.42 Å². The van der Waals surface area contributed by atoms with Crippen molar-refractivity contribution in [2.75, 3.05) is 6.54 Å². The Morgan fingerprint density at radius 1 is 1.12 bits per heavy atom. The second-order valence-corrected chi connectivity index (χ2v) is 5.47. The summed E-state index contributed by atoms with van der Waals surface area (Å²) in [5.41, 5.74) is 3.11. The topological polar surface area (TPSA) is 3.24 Å². The predicted molar refractivity (Wildman–Crippen MR) is 69.6 cm³/mol. The molecule has 0 bridgehead atoms. The maximum atomic E-state index is 2.65. The van der Waals surface area contributed by atoms with Gasteiger partial charge in [-0.15, -0.1) is 0 Å². The fraction of sp³-hybridized carbons (Fsp3) is 0.600. The maximum Gasteiger partial charge on any atom is 0.0376 e. The molecule has 0 fully saturated rings. The molecule has 1 nitrogen and oxygen atoms in total. The van der Waals surface area contributed by atoms with Crippen molar-refractivity contribution in [1.29, 1.82) is 0 Å². The number of fused-ring (bicyclic) bond motifs is 1. The van der Waals surface area contributed by atoms with Crippen molar-refractivity contribution < 1.29 is 0 Å². The van der Waals surface area contributed by atoms with Crippen molar-refractivity contribution in [3.8, 4) is 0 Å². The maximum absolute atomic E-state index is 2.65. The van der Waals surface area contributed by atoms with Crippen LogP contribution in [0.1, 0.15) is 44.9 Å². The van der Waals surface area contributed by atoms with Crippen molar-refractivity contribution in [3.05, 3.63) is 35.4 Å². The van der Waals surface area contributed by atoms with E-state index in [4.69, 9.17) is 0 Å². The second-order valence-electron chi connectivity index (χ2n) is 5.47. The lowest BCUT2D eigenvalue weighted by Gasteiger charge is -2.42. The molecule has 1 heterocycles. The van der Waals surface area contributed by atoms with Gasteiger partial charge in [-0.2, -0.15) is 0 Å². The minimum atomic E-state index is 0.602. The zero-order valence-corrected chi connectivity index (χ0v) is 10.9. The van der Waals surface area contributed by atoms with Crippen LogP contribution in [0.4, 0.5) is 0 Å². The average molecular weight is 217 g/mol. The lowest BCUT2D eigenvalue weighted by atomic mass is 9.85. The van der Waals surface area contributed by atoms with Crippen molar-refractivity contribution in [2.45, 2.75) is 46.2 Å². The van der Waals surface area contributed by atoms with E-state index in [1.807, 2.05) is 0 Å². The molecule has 0 amide bonds. The van der Waals surface area contributed by atoms with Crippen LogP contribution in [0.3, 0.4) is 0 Å². The highest BCUT2D eigenvalue weighted by Crippen LogP contribution is 2.36. The van der Waals surface area contributed by atoms with Gasteiger partial charge in [-0.1, -0.05) is 38.1 Å². The summed E-state index contributed by atoms with van der Waals surface area (Å²) < 4.78 is 0. The summed E-state index contributed by atoms with van der Waals surface area (Å²) in [6.45, 7) is 10.5. The molecule has 0 unspecified atom stereocenters. The SMILES string of the molecule is CC(C)[C@H]1c2ccccc2CCN1C(C)C. The minimum Gasteiger partial charge on any atom is -0.293 e. The molecule has 88 valence electrons. The van der Waals surface area contributed by atoms with Gasteiger partial charge in [0.1, 0.15) is 0 Å². The monoisotopic (exact) mass is 217 g/mol. The zero-order chi connectivity index (χ0) is 11.7. The van der Waals surface area contributed by atoms with E-state index in [-0.39, 0.29) is 0 Å². The lowest BCUT2D eigenvalue weighted by molar-refractivity contribution is 0.108. The Kier molecular flexibility index (Phi) is 3.34. The summed E-state index contributed by atoms with van der Waals surface area (Å²) in [4.78, 5) is 2.65. The van der Waals surface area contributed by atoms with Gasteiger partial charge in [-0.3, -0.25) is 4.90 Å². The molecule has 1 aromatic rings. The van der Waals surface area contributed by atoms with E-state index in [2.05, 4.69) is 56.9 Å². The molecule has 0 saturated heterocycles.